The van der Waals surface area contributed by atoms with Crippen LogP contribution >= 0.6 is 0 Å². The summed E-state index contributed by atoms with van der Waals surface area (Å²) in [7, 11) is 0. The van der Waals surface area contributed by atoms with Crippen molar-refractivity contribution in [1.82, 2.24) is 0 Å². The van der Waals surface area contributed by atoms with Gasteiger partial charge in [0, 0.05) is 12.1 Å². The summed E-state index contributed by atoms with van der Waals surface area (Å²) in [5, 5.41) is 11.5. The highest BCUT2D eigenvalue weighted by Crippen LogP contribution is 2.13. The Balaban J connectivity index is 1.69. The molecule has 4 nitrogen and oxygen atoms in total. The fourth-order valence-electron chi connectivity index (χ4n) is 2.15. The van der Waals surface area contributed by atoms with E-state index in [-0.39, 0.29) is 5.91 Å². The van der Waals surface area contributed by atoms with Gasteiger partial charge in [-0.2, -0.15) is 5.26 Å². The van der Waals surface area contributed by atoms with Gasteiger partial charge in [0.15, 0.2) is 0 Å². The summed E-state index contributed by atoms with van der Waals surface area (Å²) in [6.07, 6.45) is 1.45. The molecule has 0 unspecified atom stereocenters. The largest absolute Gasteiger partial charge is 0.494 e. The van der Waals surface area contributed by atoms with Gasteiger partial charge >= 0.3 is 0 Å². The number of nitrogens with one attached hydrogen (secondary N) is 1. The fraction of sp³-hybridized carbons (Fsp3) is 0.263. The Morgan fingerprint density at radius 1 is 1.22 bits per heavy atom. The van der Waals surface area contributed by atoms with Gasteiger partial charge in [-0.15, -0.1) is 0 Å². The normalized spacial score (nSPS) is 9.91. The average Bonchev–Trinajstić information content (AvgIpc) is 2.54. The summed E-state index contributed by atoms with van der Waals surface area (Å²) >= 11 is 0. The Kier molecular flexibility index (Phi) is 6.19. The summed E-state index contributed by atoms with van der Waals surface area (Å²) in [4.78, 5) is 11.9. The maximum Gasteiger partial charge on any atom is 0.224 e. The lowest BCUT2D eigenvalue weighted by molar-refractivity contribution is -0.116. The number of hydrogen-bond acceptors (Lipinski definition) is 3. The zero-order chi connectivity index (χ0) is 16.5. The SMILES string of the molecule is Cc1cccc(OCCCC(=O)Nc2ccc(CC#N)cc2)c1. The Morgan fingerprint density at radius 2 is 2.00 bits per heavy atom. The van der Waals surface area contributed by atoms with Crippen LogP contribution < -0.4 is 10.1 Å². The van der Waals surface area contributed by atoms with E-state index in [4.69, 9.17) is 10.00 Å². The van der Waals surface area contributed by atoms with Gasteiger partial charge in [0.25, 0.3) is 0 Å². The van der Waals surface area contributed by atoms with Crippen LogP contribution in [0, 0.1) is 18.3 Å². The van der Waals surface area contributed by atoms with Crippen molar-refractivity contribution >= 4 is 11.6 Å². The van der Waals surface area contributed by atoms with Gasteiger partial charge in [-0.1, -0.05) is 24.3 Å². The number of ether oxygens (including phenoxy) is 1. The van der Waals surface area contributed by atoms with Crippen LogP contribution in [-0.2, 0) is 11.2 Å². The monoisotopic (exact) mass is 308 g/mol. The summed E-state index contributed by atoms with van der Waals surface area (Å²) in [5.74, 6) is 0.796. The number of anilines is 1. The standard InChI is InChI=1S/C19H20N2O2/c1-15-4-2-5-18(14-15)23-13-3-6-19(22)21-17-9-7-16(8-10-17)11-12-20/h2,4-5,7-10,14H,3,6,11,13H2,1H3,(H,21,22). The lowest BCUT2D eigenvalue weighted by atomic mass is 10.1. The first kappa shape index (κ1) is 16.6. The number of benzene rings is 2. The first-order chi connectivity index (χ1) is 11.2. The topological polar surface area (TPSA) is 62.1 Å². The summed E-state index contributed by atoms with van der Waals surface area (Å²) in [5.41, 5.74) is 2.84. The molecule has 23 heavy (non-hydrogen) atoms. The maximum absolute atomic E-state index is 11.9. The lowest BCUT2D eigenvalue weighted by Gasteiger charge is -2.08. The van der Waals surface area contributed by atoms with E-state index in [2.05, 4.69) is 11.4 Å². The van der Waals surface area contributed by atoms with Crippen LogP contribution in [0.15, 0.2) is 48.5 Å². The Bertz CT molecular complexity index is 687. The molecule has 0 fully saturated rings. The highest BCUT2D eigenvalue weighted by molar-refractivity contribution is 5.90. The van der Waals surface area contributed by atoms with Gasteiger partial charge in [-0.25, -0.2) is 0 Å². The molecule has 0 saturated carbocycles. The van der Waals surface area contributed by atoms with Crippen LogP contribution in [0.5, 0.6) is 5.75 Å². The van der Waals surface area contributed by atoms with Crippen LogP contribution in [-0.4, -0.2) is 12.5 Å². The van der Waals surface area contributed by atoms with E-state index in [1.165, 1.54) is 0 Å². The van der Waals surface area contributed by atoms with E-state index in [0.717, 1.165) is 22.6 Å². The van der Waals surface area contributed by atoms with Gasteiger partial charge in [-0.3, -0.25) is 4.79 Å². The summed E-state index contributed by atoms with van der Waals surface area (Å²) < 4.78 is 5.62. The molecule has 1 amide bonds. The minimum Gasteiger partial charge on any atom is -0.494 e. The van der Waals surface area contributed by atoms with E-state index in [1.54, 1.807) is 0 Å². The lowest BCUT2D eigenvalue weighted by Crippen LogP contribution is -2.12. The molecule has 0 spiro atoms. The van der Waals surface area contributed by atoms with Crippen LogP contribution in [0.4, 0.5) is 5.69 Å². The molecule has 118 valence electrons. The predicted molar refractivity (Wildman–Crippen MR) is 90.3 cm³/mol. The van der Waals surface area contributed by atoms with E-state index >= 15 is 0 Å². The number of hydrogen-bond donors (Lipinski definition) is 1. The molecule has 0 bridgehead atoms. The Hall–Kier alpha value is -2.80. The first-order valence-electron chi connectivity index (χ1n) is 7.62. The molecule has 0 saturated heterocycles. The second kappa shape index (κ2) is 8.60. The van der Waals surface area contributed by atoms with Crippen LogP contribution in [0.3, 0.4) is 0 Å². The second-order valence-corrected chi connectivity index (χ2v) is 5.35. The Morgan fingerprint density at radius 3 is 2.70 bits per heavy atom. The molecule has 0 aliphatic carbocycles. The zero-order valence-electron chi connectivity index (χ0n) is 13.2. The van der Waals surface area contributed by atoms with E-state index < -0.39 is 0 Å². The van der Waals surface area contributed by atoms with Gasteiger partial charge in [0.2, 0.25) is 5.91 Å². The van der Waals surface area contributed by atoms with Gasteiger partial charge < -0.3 is 10.1 Å². The second-order valence-electron chi connectivity index (χ2n) is 5.35. The van der Waals surface area contributed by atoms with Crippen molar-refractivity contribution in [2.24, 2.45) is 0 Å². The maximum atomic E-state index is 11.9. The molecule has 2 rings (SSSR count). The quantitative estimate of drug-likeness (QED) is 0.790. The third-order valence-electron chi connectivity index (χ3n) is 3.33. The third kappa shape index (κ3) is 5.84. The van der Waals surface area contributed by atoms with Gasteiger partial charge in [-0.05, 0) is 48.7 Å². The number of nitrogens with zero attached hydrogens (tertiary/aromatic N) is 1. The summed E-state index contributed by atoms with van der Waals surface area (Å²) in [6, 6.07) is 17.3. The molecule has 0 heterocycles. The third-order valence-corrected chi connectivity index (χ3v) is 3.33. The molecule has 0 atom stereocenters. The molecule has 0 aliphatic heterocycles. The van der Waals surface area contributed by atoms with Crippen molar-refractivity contribution < 1.29 is 9.53 Å². The van der Waals surface area contributed by atoms with Crippen LogP contribution in [0.1, 0.15) is 24.0 Å². The molecule has 1 N–H and O–H groups in total. The van der Waals surface area contributed by atoms with Crippen molar-refractivity contribution in [2.45, 2.75) is 26.2 Å². The molecule has 2 aromatic carbocycles. The van der Waals surface area contributed by atoms with Crippen molar-refractivity contribution in [3.05, 3.63) is 59.7 Å². The molecule has 0 aliphatic rings. The molecule has 4 heteroatoms. The number of amides is 1. The smallest absolute Gasteiger partial charge is 0.224 e. The predicted octanol–water partition coefficient (Wildman–Crippen LogP) is 3.86. The van der Waals surface area contributed by atoms with Gasteiger partial charge in [0.1, 0.15) is 5.75 Å². The fourth-order valence-corrected chi connectivity index (χ4v) is 2.15. The van der Waals surface area contributed by atoms with Crippen molar-refractivity contribution in [3.63, 3.8) is 0 Å². The number of carbonyl (C=O) groups excluding carboxylic acids is 1. The van der Waals surface area contributed by atoms with Crippen LogP contribution in [0.25, 0.3) is 0 Å². The van der Waals surface area contributed by atoms with Gasteiger partial charge in [0.05, 0.1) is 19.1 Å². The molecular formula is C19H20N2O2. The highest BCUT2D eigenvalue weighted by atomic mass is 16.5. The minimum absolute atomic E-state index is 0.0362. The van der Waals surface area contributed by atoms with E-state index in [1.807, 2.05) is 55.5 Å². The Labute approximate surface area is 136 Å². The number of rotatable bonds is 7. The van der Waals surface area contributed by atoms with Crippen molar-refractivity contribution in [3.8, 4) is 11.8 Å². The summed E-state index contributed by atoms with van der Waals surface area (Å²) in [6.45, 7) is 2.53. The first-order valence-corrected chi connectivity index (χ1v) is 7.62. The average molecular weight is 308 g/mol. The zero-order valence-corrected chi connectivity index (χ0v) is 13.2. The van der Waals surface area contributed by atoms with Crippen molar-refractivity contribution in [2.75, 3.05) is 11.9 Å². The van der Waals surface area contributed by atoms with E-state index in [9.17, 15) is 4.79 Å². The highest BCUT2D eigenvalue weighted by Gasteiger charge is 2.03. The van der Waals surface area contributed by atoms with Crippen LogP contribution in [0.2, 0.25) is 0 Å². The molecular weight excluding hydrogens is 288 g/mol. The minimum atomic E-state index is -0.0362. The van der Waals surface area contributed by atoms with Crippen molar-refractivity contribution in [1.29, 1.82) is 5.26 Å². The molecule has 2 aromatic rings. The molecule has 0 aromatic heterocycles. The number of carbonyl (C=O) groups is 1. The molecule has 0 radical (unpaired) electrons. The number of aryl methyl sites for hydroxylation is 1. The number of nitriles is 1. The van der Waals surface area contributed by atoms with E-state index in [0.29, 0.717) is 25.9 Å².